The van der Waals surface area contributed by atoms with Gasteiger partial charge in [-0.2, -0.15) is 0 Å². The van der Waals surface area contributed by atoms with Gasteiger partial charge in [0, 0.05) is 22.7 Å². The molecule has 0 unspecified atom stereocenters. The number of imidazole rings is 1. The standard InChI is InChI=1S/C40H31N3O/c1-40(2,3)29-22-27(21-28(23-29)33-24-26(19-20-41-33)25-11-5-4-6-12-25)30-14-9-17-35-38(30)42-39-37-32(15-10-18-36(37)44)31-13-7-8-16-34(31)43(35)39/h4-24,44H,1-3H3. The summed E-state index contributed by atoms with van der Waals surface area (Å²) >= 11 is 0. The van der Waals surface area contributed by atoms with E-state index in [1.54, 1.807) is 6.07 Å². The second-order valence-corrected chi connectivity index (χ2v) is 12.5. The van der Waals surface area contributed by atoms with Crippen LogP contribution in [0.25, 0.3) is 71.9 Å². The van der Waals surface area contributed by atoms with Crippen molar-refractivity contribution in [1.82, 2.24) is 14.4 Å². The monoisotopic (exact) mass is 569 g/mol. The van der Waals surface area contributed by atoms with Gasteiger partial charge in [0.05, 0.1) is 27.6 Å². The molecule has 44 heavy (non-hydrogen) atoms. The van der Waals surface area contributed by atoms with Gasteiger partial charge in [-0.25, -0.2) is 4.98 Å². The normalized spacial score (nSPS) is 12.1. The Morgan fingerprint density at radius 3 is 2.18 bits per heavy atom. The first-order chi connectivity index (χ1) is 21.4. The molecule has 3 aromatic heterocycles. The van der Waals surface area contributed by atoms with E-state index < -0.39 is 0 Å². The van der Waals surface area contributed by atoms with Crippen LogP contribution in [0.4, 0.5) is 0 Å². The number of phenolic OH excluding ortho intramolecular Hbond substituents is 1. The third-order valence-electron chi connectivity index (χ3n) is 8.66. The summed E-state index contributed by atoms with van der Waals surface area (Å²) in [4.78, 5) is 10.1. The number of fused-ring (bicyclic) bond motifs is 8. The summed E-state index contributed by atoms with van der Waals surface area (Å²) in [6, 6.07) is 41.9. The van der Waals surface area contributed by atoms with Gasteiger partial charge in [-0.3, -0.25) is 9.38 Å². The number of benzene rings is 5. The van der Waals surface area contributed by atoms with Crippen LogP contribution in [0.15, 0.2) is 128 Å². The Morgan fingerprint density at radius 1 is 0.614 bits per heavy atom. The largest absolute Gasteiger partial charge is 0.507 e. The second-order valence-electron chi connectivity index (χ2n) is 12.5. The van der Waals surface area contributed by atoms with E-state index in [1.807, 2.05) is 24.4 Å². The number of aromatic hydroxyl groups is 1. The lowest BCUT2D eigenvalue weighted by atomic mass is 9.83. The van der Waals surface area contributed by atoms with Gasteiger partial charge in [-0.1, -0.05) is 99.6 Å². The summed E-state index contributed by atoms with van der Waals surface area (Å²) in [5.41, 5.74) is 11.3. The fourth-order valence-corrected chi connectivity index (χ4v) is 6.40. The third-order valence-corrected chi connectivity index (χ3v) is 8.66. The number of hydrogen-bond donors (Lipinski definition) is 1. The Kier molecular flexibility index (Phi) is 5.82. The number of pyridine rings is 2. The highest BCUT2D eigenvalue weighted by Crippen LogP contribution is 2.40. The molecule has 0 bridgehead atoms. The molecular weight excluding hydrogens is 538 g/mol. The fourth-order valence-electron chi connectivity index (χ4n) is 6.40. The Morgan fingerprint density at radius 2 is 1.34 bits per heavy atom. The minimum Gasteiger partial charge on any atom is -0.507 e. The highest BCUT2D eigenvalue weighted by atomic mass is 16.3. The van der Waals surface area contributed by atoms with Crippen molar-refractivity contribution in [2.75, 3.05) is 0 Å². The maximum Gasteiger partial charge on any atom is 0.150 e. The molecule has 0 saturated carbocycles. The van der Waals surface area contributed by atoms with Crippen LogP contribution >= 0.6 is 0 Å². The van der Waals surface area contributed by atoms with Crippen molar-refractivity contribution < 1.29 is 5.11 Å². The highest BCUT2D eigenvalue weighted by molar-refractivity contribution is 6.16. The Labute approximate surface area is 255 Å². The number of phenols is 1. The molecule has 4 heteroatoms. The van der Waals surface area contributed by atoms with E-state index in [1.165, 1.54) is 11.1 Å². The smallest absolute Gasteiger partial charge is 0.150 e. The zero-order chi connectivity index (χ0) is 30.0. The lowest BCUT2D eigenvalue weighted by molar-refractivity contribution is 0.482. The van der Waals surface area contributed by atoms with E-state index >= 15 is 0 Å². The molecule has 5 aromatic carbocycles. The molecule has 0 aliphatic heterocycles. The van der Waals surface area contributed by atoms with E-state index in [0.29, 0.717) is 0 Å². The average Bonchev–Trinajstić information content (AvgIpc) is 3.45. The highest BCUT2D eigenvalue weighted by Gasteiger charge is 2.21. The summed E-state index contributed by atoms with van der Waals surface area (Å²) in [7, 11) is 0. The van der Waals surface area contributed by atoms with Crippen molar-refractivity contribution in [3.8, 4) is 39.3 Å². The molecule has 212 valence electrons. The van der Waals surface area contributed by atoms with E-state index in [9.17, 15) is 5.11 Å². The predicted molar refractivity (Wildman–Crippen MR) is 182 cm³/mol. The Bertz CT molecular complexity index is 2380. The topological polar surface area (TPSA) is 50.4 Å². The lowest BCUT2D eigenvalue weighted by Gasteiger charge is -2.22. The number of hydrogen-bond acceptors (Lipinski definition) is 3. The summed E-state index contributed by atoms with van der Waals surface area (Å²) in [5, 5.41) is 13.9. The third kappa shape index (κ3) is 4.14. The van der Waals surface area contributed by atoms with Crippen LogP contribution in [-0.2, 0) is 5.41 Å². The van der Waals surface area contributed by atoms with Crippen LogP contribution < -0.4 is 0 Å². The first-order valence-electron chi connectivity index (χ1n) is 15.0. The van der Waals surface area contributed by atoms with Gasteiger partial charge in [0.2, 0.25) is 0 Å². The van der Waals surface area contributed by atoms with Crippen LogP contribution in [-0.4, -0.2) is 19.5 Å². The van der Waals surface area contributed by atoms with Crippen LogP contribution in [0.1, 0.15) is 26.3 Å². The first-order valence-corrected chi connectivity index (χ1v) is 15.0. The molecule has 0 spiro atoms. The quantitative estimate of drug-likeness (QED) is 0.215. The van der Waals surface area contributed by atoms with Crippen molar-refractivity contribution in [1.29, 1.82) is 0 Å². The summed E-state index contributed by atoms with van der Waals surface area (Å²) < 4.78 is 2.19. The van der Waals surface area contributed by atoms with Gasteiger partial charge in [-0.15, -0.1) is 0 Å². The van der Waals surface area contributed by atoms with Crippen molar-refractivity contribution in [3.05, 3.63) is 133 Å². The van der Waals surface area contributed by atoms with E-state index in [-0.39, 0.29) is 11.2 Å². The van der Waals surface area contributed by atoms with Gasteiger partial charge < -0.3 is 5.11 Å². The first kappa shape index (κ1) is 26.2. The predicted octanol–water partition coefficient (Wildman–Crippen LogP) is 10.2. The summed E-state index contributed by atoms with van der Waals surface area (Å²) in [5.74, 6) is 0.233. The fraction of sp³-hybridized carbons (Fsp3) is 0.100. The average molecular weight is 570 g/mol. The van der Waals surface area contributed by atoms with Crippen molar-refractivity contribution in [3.63, 3.8) is 0 Å². The molecule has 0 atom stereocenters. The van der Waals surface area contributed by atoms with Crippen LogP contribution in [0, 0.1) is 0 Å². The maximum absolute atomic E-state index is 11.1. The van der Waals surface area contributed by atoms with Crippen LogP contribution in [0.5, 0.6) is 5.75 Å². The number of aromatic nitrogens is 3. The van der Waals surface area contributed by atoms with Gasteiger partial charge in [0.1, 0.15) is 11.4 Å². The van der Waals surface area contributed by atoms with Gasteiger partial charge in [-0.05, 0) is 75.5 Å². The minimum atomic E-state index is -0.0766. The maximum atomic E-state index is 11.1. The van der Waals surface area contributed by atoms with Gasteiger partial charge >= 0.3 is 0 Å². The molecule has 8 aromatic rings. The molecular formula is C40H31N3O. The van der Waals surface area contributed by atoms with Crippen molar-refractivity contribution >= 4 is 38.4 Å². The molecule has 1 N–H and O–H groups in total. The number of rotatable bonds is 3. The van der Waals surface area contributed by atoms with Crippen LogP contribution in [0.3, 0.4) is 0 Å². The van der Waals surface area contributed by atoms with E-state index in [4.69, 9.17) is 9.97 Å². The van der Waals surface area contributed by atoms with Gasteiger partial charge in [0.25, 0.3) is 0 Å². The zero-order valence-electron chi connectivity index (χ0n) is 24.9. The molecule has 0 radical (unpaired) electrons. The molecule has 0 saturated heterocycles. The Hall–Kier alpha value is -5.48. The minimum absolute atomic E-state index is 0.0766. The van der Waals surface area contributed by atoms with Gasteiger partial charge in [0.15, 0.2) is 0 Å². The second kappa shape index (κ2) is 9.78. The van der Waals surface area contributed by atoms with Crippen molar-refractivity contribution in [2.45, 2.75) is 26.2 Å². The number of nitrogens with zero attached hydrogens (tertiary/aromatic N) is 3. The molecule has 0 fully saturated rings. The Balaban J connectivity index is 1.41. The lowest BCUT2D eigenvalue weighted by Crippen LogP contribution is -2.11. The zero-order valence-corrected chi connectivity index (χ0v) is 24.9. The van der Waals surface area contributed by atoms with E-state index in [0.717, 1.165) is 66.3 Å². The van der Waals surface area contributed by atoms with E-state index in [2.05, 4.69) is 122 Å². The molecule has 3 heterocycles. The van der Waals surface area contributed by atoms with Crippen LogP contribution in [0.2, 0.25) is 0 Å². The number of para-hydroxylation sites is 2. The molecule has 0 amide bonds. The summed E-state index contributed by atoms with van der Waals surface area (Å²) in [6.07, 6.45) is 1.90. The van der Waals surface area contributed by atoms with Crippen molar-refractivity contribution in [2.24, 2.45) is 0 Å². The molecule has 8 rings (SSSR count). The molecule has 0 aliphatic carbocycles. The SMILES string of the molecule is CC(C)(C)c1cc(-c2cc(-c3ccccc3)ccn2)cc(-c2cccc3c2nc2c4c(O)cccc4c4ccccc4n32)c1. The molecule has 0 aliphatic rings. The summed E-state index contributed by atoms with van der Waals surface area (Å²) in [6.45, 7) is 6.74. The molecule has 4 nitrogen and oxygen atoms in total.